The molecule has 3 rings (SSSR count). The van der Waals surface area contributed by atoms with Gasteiger partial charge in [-0.3, -0.25) is 0 Å². The van der Waals surface area contributed by atoms with Crippen molar-refractivity contribution < 1.29 is 38.0 Å². The van der Waals surface area contributed by atoms with Crippen molar-refractivity contribution in [1.29, 1.82) is 0 Å². The number of nitrogens with one attached hydrogen (secondary N) is 2. The fourth-order valence-electron chi connectivity index (χ4n) is 3.91. The molecule has 5 N–H and O–H groups in total. The number of carbonyl (C=O) groups excluding carboxylic acids is 1. The smallest absolute Gasteiger partial charge is 0.418 e. The molecule has 2 aromatic rings. The number of rotatable bonds is 4. The van der Waals surface area contributed by atoms with Gasteiger partial charge in [-0.1, -0.05) is 32.9 Å². The molecule has 0 aromatic heterocycles. The molecule has 2 unspecified atom stereocenters. The van der Waals surface area contributed by atoms with E-state index in [1.54, 1.807) is 32.9 Å². The number of aliphatic hydroxyl groups excluding tert-OH is 2. The third kappa shape index (κ3) is 5.01. The number of phenolic OH excluding ortho intramolecular Hbond substituents is 1. The lowest BCUT2D eigenvalue weighted by Gasteiger charge is -2.26. The zero-order valence-electron chi connectivity index (χ0n) is 18.6. The highest BCUT2D eigenvalue weighted by atomic mass is 19.4. The van der Waals surface area contributed by atoms with E-state index >= 15 is 0 Å². The van der Waals surface area contributed by atoms with Gasteiger partial charge in [-0.15, -0.1) is 0 Å². The molecule has 0 spiro atoms. The van der Waals surface area contributed by atoms with Crippen LogP contribution in [0.1, 0.15) is 55.2 Å². The van der Waals surface area contributed by atoms with Crippen LogP contribution in [0.2, 0.25) is 0 Å². The molecule has 2 aromatic carbocycles. The van der Waals surface area contributed by atoms with Gasteiger partial charge in [0.05, 0.1) is 18.8 Å². The van der Waals surface area contributed by atoms with E-state index in [-0.39, 0.29) is 23.6 Å². The number of alkyl halides is 3. The first kappa shape index (κ1) is 24.7. The van der Waals surface area contributed by atoms with E-state index in [1.165, 1.54) is 18.2 Å². The Balaban J connectivity index is 1.91. The van der Waals surface area contributed by atoms with Gasteiger partial charge >= 0.3 is 12.2 Å². The first-order chi connectivity index (χ1) is 15.2. The molecule has 0 heterocycles. The molecule has 2 amide bonds. The molecule has 1 aliphatic carbocycles. The van der Waals surface area contributed by atoms with Gasteiger partial charge in [-0.05, 0) is 41.2 Å². The topological polar surface area (TPSA) is 111 Å². The van der Waals surface area contributed by atoms with Gasteiger partial charge in [-0.2, -0.15) is 13.2 Å². The van der Waals surface area contributed by atoms with E-state index in [4.69, 9.17) is 4.74 Å². The van der Waals surface area contributed by atoms with Crippen LogP contribution in [0.4, 0.5) is 23.7 Å². The summed E-state index contributed by atoms with van der Waals surface area (Å²) in [7, 11) is 1.14. The molecular weight excluding hydrogens is 441 g/mol. The van der Waals surface area contributed by atoms with Crippen LogP contribution in [0.25, 0.3) is 0 Å². The molecule has 180 valence electrons. The lowest BCUT2D eigenvalue weighted by atomic mass is 9.84. The number of benzene rings is 2. The van der Waals surface area contributed by atoms with Crippen LogP contribution in [-0.2, 0) is 11.8 Å². The molecule has 3 atom stereocenters. The van der Waals surface area contributed by atoms with Gasteiger partial charge in [0.25, 0.3) is 0 Å². The number of amides is 2. The Bertz CT molecular complexity index is 1050. The van der Waals surface area contributed by atoms with E-state index in [0.29, 0.717) is 16.7 Å². The Kier molecular flexibility index (Phi) is 6.54. The molecule has 0 aliphatic heterocycles. The number of anilines is 1. The molecule has 0 saturated heterocycles. The second-order valence-electron chi connectivity index (χ2n) is 9.04. The number of hydrogen-bond donors (Lipinski definition) is 5. The second kappa shape index (κ2) is 8.75. The number of aromatic hydroxyl groups is 1. The van der Waals surface area contributed by atoms with Crippen molar-refractivity contribution in [2.45, 2.75) is 57.0 Å². The standard InChI is InChI=1S/C23H27F3N2O5/c1-22(2,3)12-9-13(20(31)23(24,25)26)19(33-4)15(10-12)28-21(32)27-14-8-11-6-5-7-16(29)17(11)18(14)30/h5-7,9-10,14,18,20,29-31H,8H2,1-4H3,(H2,27,28,32)/t14?,18?,20-/m1/s1. The van der Waals surface area contributed by atoms with Gasteiger partial charge in [-0.25, -0.2) is 4.79 Å². The van der Waals surface area contributed by atoms with Crippen molar-refractivity contribution in [3.05, 3.63) is 52.6 Å². The quantitative estimate of drug-likeness (QED) is 0.465. The number of aliphatic hydroxyl groups is 2. The molecule has 33 heavy (non-hydrogen) atoms. The molecule has 0 saturated carbocycles. The number of carbonyl (C=O) groups is 1. The predicted octanol–water partition coefficient (Wildman–Crippen LogP) is 4.07. The lowest BCUT2D eigenvalue weighted by molar-refractivity contribution is -0.207. The number of urea groups is 1. The SMILES string of the molecule is COc1c(NC(=O)NC2Cc3cccc(O)c3C2O)cc(C(C)(C)C)cc1[C@@H](O)C(F)(F)F. The monoisotopic (exact) mass is 468 g/mol. The van der Waals surface area contributed by atoms with Crippen molar-refractivity contribution in [3.63, 3.8) is 0 Å². The van der Waals surface area contributed by atoms with Gasteiger partial charge in [0.15, 0.2) is 6.10 Å². The lowest BCUT2D eigenvalue weighted by Crippen LogP contribution is -2.40. The normalized spacial score (nSPS) is 19.1. The first-order valence-electron chi connectivity index (χ1n) is 10.3. The number of ether oxygens (including phenoxy) is 1. The van der Waals surface area contributed by atoms with Crippen molar-refractivity contribution >= 4 is 11.7 Å². The summed E-state index contributed by atoms with van der Waals surface area (Å²) >= 11 is 0. The average Bonchev–Trinajstić information content (AvgIpc) is 3.01. The van der Waals surface area contributed by atoms with Crippen LogP contribution in [0.5, 0.6) is 11.5 Å². The zero-order chi connectivity index (χ0) is 24.7. The Morgan fingerprint density at radius 1 is 1.21 bits per heavy atom. The number of fused-ring (bicyclic) bond motifs is 1. The van der Waals surface area contributed by atoms with Gasteiger partial charge in [0.1, 0.15) is 17.6 Å². The number of hydrogen-bond acceptors (Lipinski definition) is 5. The van der Waals surface area contributed by atoms with Gasteiger partial charge in [0, 0.05) is 11.1 Å². The highest BCUT2D eigenvalue weighted by Gasteiger charge is 2.42. The molecule has 0 radical (unpaired) electrons. The summed E-state index contributed by atoms with van der Waals surface area (Å²) < 4.78 is 45.0. The summed E-state index contributed by atoms with van der Waals surface area (Å²) in [5.41, 5.74) is 0.260. The van der Waals surface area contributed by atoms with Gasteiger partial charge in [0.2, 0.25) is 0 Å². The van der Waals surface area contributed by atoms with E-state index in [2.05, 4.69) is 10.6 Å². The maximum atomic E-state index is 13.3. The Labute approximate surface area is 189 Å². The summed E-state index contributed by atoms with van der Waals surface area (Å²) in [6.45, 7) is 5.34. The largest absolute Gasteiger partial charge is 0.508 e. The molecule has 0 fully saturated rings. The summed E-state index contributed by atoms with van der Waals surface area (Å²) in [6.07, 6.45) is -8.65. The Hall–Kier alpha value is -2.98. The predicted molar refractivity (Wildman–Crippen MR) is 115 cm³/mol. The zero-order valence-corrected chi connectivity index (χ0v) is 18.6. The summed E-state index contributed by atoms with van der Waals surface area (Å²) in [5.74, 6) is -0.411. The minimum atomic E-state index is -4.94. The van der Waals surface area contributed by atoms with Crippen molar-refractivity contribution in [2.75, 3.05) is 12.4 Å². The van der Waals surface area contributed by atoms with E-state index in [0.717, 1.165) is 7.11 Å². The first-order valence-corrected chi connectivity index (χ1v) is 10.3. The minimum Gasteiger partial charge on any atom is -0.508 e. The Morgan fingerprint density at radius 2 is 1.88 bits per heavy atom. The van der Waals surface area contributed by atoms with Crippen molar-refractivity contribution in [3.8, 4) is 11.5 Å². The minimum absolute atomic E-state index is 0.0615. The third-order valence-corrected chi connectivity index (χ3v) is 5.65. The number of methoxy groups -OCH3 is 1. The van der Waals surface area contributed by atoms with Crippen LogP contribution in [0, 0.1) is 0 Å². The molecular formula is C23H27F3N2O5. The van der Waals surface area contributed by atoms with Crippen LogP contribution < -0.4 is 15.4 Å². The molecule has 0 bridgehead atoms. The molecule has 10 heteroatoms. The summed E-state index contributed by atoms with van der Waals surface area (Å²) in [6, 6.07) is 5.92. The van der Waals surface area contributed by atoms with Crippen LogP contribution in [0.3, 0.4) is 0 Å². The van der Waals surface area contributed by atoms with E-state index < -0.39 is 41.4 Å². The molecule has 7 nitrogen and oxygen atoms in total. The maximum absolute atomic E-state index is 13.3. The van der Waals surface area contributed by atoms with E-state index in [1.807, 2.05) is 0 Å². The molecule has 1 aliphatic rings. The fraction of sp³-hybridized carbons (Fsp3) is 0.435. The van der Waals surface area contributed by atoms with Crippen molar-refractivity contribution in [1.82, 2.24) is 5.32 Å². The Morgan fingerprint density at radius 3 is 2.42 bits per heavy atom. The van der Waals surface area contributed by atoms with Crippen LogP contribution in [-0.4, -0.2) is 40.7 Å². The summed E-state index contributed by atoms with van der Waals surface area (Å²) in [4.78, 5) is 12.7. The highest BCUT2D eigenvalue weighted by molar-refractivity contribution is 5.92. The average molecular weight is 468 g/mol. The second-order valence-corrected chi connectivity index (χ2v) is 9.04. The highest BCUT2D eigenvalue weighted by Crippen LogP contribution is 2.43. The summed E-state index contributed by atoms with van der Waals surface area (Å²) in [5, 5.41) is 35.5. The van der Waals surface area contributed by atoms with Crippen molar-refractivity contribution in [2.24, 2.45) is 0 Å². The van der Waals surface area contributed by atoms with E-state index in [9.17, 15) is 33.3 Å². The van der Waals surface area contributed by atoms with Gasteiger partial charge < -0.3 is 30.7 Å². The number of phenols is 1. The third-order valence-electron chi connectivity index (χ3n) is 5.65. The number of halogens is 3. The fourth-order valence-corrected chi connectivity index (χ4v) is 3.91. The maximum Gasteiger partial charge on any atom is 0.418 e. The van der Waals surface area contributed by atoms with Crippen LogP contribution in [0.15, 0.2) is 30.3 Å². The van der Waals surface area contributed by atoms with Crippen LogP contribution >= 0.6 is 0 Å².